The second-order valence-corrected chi connectivity index (χ2v) is 6.95. The van der Waals surface area contributed by atoms with Gasteiger partial charge in [-0.25, -0.2) is 4.52 Å². The Bertz CT molecular complexity index is 1050. The number of nitrogens with two attached hydrogens (primary N) is 1. The molecule has 0 aliphatic rings. The zero-order chi connectivity index (χ0) is 21.0. The number of aromatic nitrogens is 2. The number of rotatable bonds is 7. The van der Waals surface area contributed by atoms with E-state index < -0.39 is 5.91 Å². The van der Waals surface area contributed by atoms with Gasteiger partial charge in [0.05, 0.1) is 24.4 Å². The largest absolute Gasteiger partial charge is 0.497 e. The van der Waals surface area contributed by atoms with Gasteiger partial charge in [-0.05, 0) is 55.3 Å². The van der Waals surface area contributed by atoms with Gasteiger partial charge in [-0.3, -0.25) is 9.59 Å². The maximum atomic E-state index is 12.8. The molecule has 7 nitrogen and oxygen atoms in total. The van der Waals surface area contributed by atoms with Crippen molar-refractivity contribution in [3.63, 3.8) is 0 Å². The molecule has 0 spiro atoms. The molecule has 7 heteroatoms. The lowest BCUT2D eigenvalue weighted by Crippen LogP contribution is -2.35. The zero-order valence-corrected chi connectivity index (χ0v) is 16.7. The van der Waals surface area contributed by atoms with Crippen molar-refractivity contribution in [2.45, 2.75) is 26.4 Å². The number of primary amides is 1. The summed E-state index contributed by atoms with van der Waals surface area (Å²) in [5, 5.41) is 4.12. The van der Waals surface area contributed by atoms with E-state index in [-0.39, 0.29) is 11.9 Å². The Morgan fingerprint density at radius 1 is 1.24 bits per heavy atom. The maximum absolute atomic E-state index is 12.8. The Kier molecular flexibility index (Phi) is 5.97. The molecule has 3 rings (SSSR count). The molecule has 2 N–H and O–H groups in total. The lowest BCUT2D eigenvalue weighted by Gasteiger charge is -2.25. The van der Waals surface area contributed by atoms with Crippen LogP contribution < -0.4 is 10.5 Å². The van der Waals surface area contributed by atoms with Crippen molar-refractivity contribution in [2.75, 3.05) is 7.11 Å². The third-order valence-corrected chi connectivity index (χ3v) is 4.64. The molecule has 150 valence electrons. The maximum Gasteiger partial charge on any atom is 0.252 e. The molecule has 0 aliphatic carbocycles. The number of nitrogens with zero attached hydrogens (tertiary/aromatic N) is 3. The SMILES string of the molecule is COc1ccc(/C=C/C(=O)N(Cc2ccn3ncc(C(N)=O)c3c2)C(C)C)cc1. The third-order valence-electron chi connectivity index (χ3n) is 4.64. The Balaban J connectivity index is 1.79. The second kappa shape index (κ2) is 8.60. The number of ether oxygens (including phenoxy) is 1. The van der Waals surface area contributed by atoms with Crippen molar-refractivity contribution in [1.29, 1.82) is 0 Å². The minimum Gasteiger partial charge on any atom is -0.497 e. The van der Waals surface area contributed by atoms with Crippen LogP contribution in [0.2, 0.25) is 0 Å². The molecular formula is C22H24N4O3. The fraction of sp³-hybridized carbons (Fsp3) is 0.227. The standard InChI is InChI=1S/C22H24N4O3/c1-15(2)25(21(27)9-6-16-4-7-18(29-3)8-5-16)14-17-10-11-26-20(12-17)19(13-24-26)22(23)28/h4-13,15H,14H2,1-3H3,(H2,23,28)/b9-6+. The van der Waals surface area contributed by atoms with Crippen LogP contribution in [0.1, 0.15) is 35.3 Å². The van der Waals surface area contributed by atoms with E-state index in [0.717, 1.165) is 16.9 Å². The minimum absolute atomic E-state index is 0.000217. The average molecular weight is 392 g/mol. The summed E-state index contributed by atoms with van der Waals surface area (Å²) in [6.45, 7) is 4.33. The smallest absolute Gasteiger partial charge is 0.252 e. The number of fused-ring (bicyclic) bond motifs is 1. The van der Waals surface area contributed by atoms with Crippen LogP contribution in [0.3, 0.4) is 0 Å². The van der Waals surface area contributed by atoms with Crippen molar-refractivity contribution in [3.05, 3.63) is 71.6 Å². The molecule has 0 fully saturated rings. The molecule has 0 saturated heterocycles. The average Bonchev–Trinajstić information content (AvgIpc) is 3.14. The predicted octanol–water partition coefficient (Wildman–Crippen LogP) is 2.89. The Hall–Kier alpha value is -3.61. The molecule has 0 saturated carbocycles. The van der Waals surface area contributed by atoms with Crippen molar-refractivity contribution in [2.24, 2.45) is 5.73 Å². The van der Waals surface area contributed by atoms with E-state index in [4.69, 9.17) is 10.5 Å². The predicted molar refractivity (Wildman–Crippen MR) is 111 cm³/mol. The quantitative estimate of drug-likeness (QED) is 0.626. The first-order valence-electron chi connectivity index (χ1n) is 9.28. The van der Waals surface area contributed by atoms with E-state index in [2.05, 4.69) is 5.10 Å². The molecule has 0 radical (unpaired) electrons. The van der Waals surface area contributed by atoms with Crippen molar-refractivity contribution < 1.29 is 14.3 Å². The zero-order valence-electron chi connectivity index (χ0n) is 16.7. The molecule has 0 unspecified atom stereocenters. The molecule has 29 heavy (non-hydrogen) atoms. The normalized spacial score (nSPS) is 11.3. The summed E-state index contributed by atoms with van der Waals surface area (Å²) in [5.74, 6) is 0.138. The molecule has 0 bridgehead atoms. The number of carbonyl (C=O) groups excluding carboxylic acids is 2. The first-order chi connectivity index (χ1) is 13.9. The summed E-state index contributed by atoms with van der Waals surface area (Å²) in [6.07, 6.45) is 6.55. The Morgan fingerprint density at radius 2 is 1.97 bits per heavy atom. The van der Waals surface area contributed by atoms with Crippen LogP contribution >= 0.6 is 0 Å². The number of pyridine rings is 1. The van der Waals surface area contributed by atoms with Gasteiger partial charge in [-0.1, -0.05) is 12.1 Å². The lowest BCUT2D eigenvalue weighted by molar-refractivity contribution is -0.128. The van der Waals surface area contributed by atoms with Gasteiger partial charge in [0.15, 0.2) is 0 Å². The van der Waals surface area contributed by atoms with E-state index in [9.17, 15) is 9.59 Å². The van der Waals surface area contributed by atoms with Crippen LogP contribution in [-0.4, -0.2) is 39.5 Å². The summed E-state index contributed by atoms with van der Waals surface area (Å²) >= 11 is 0. The number of amides is 2. The number of carbonyl (C=O) groups is 2. The summed E-state index contributed by atoms with van der Waals surface area (Å²) < 4.78 is 6.74. The van der Waals surface area contributed by atoms with Crippen LogP contribution in [-0.2, 0) is 11.3 Å². The molecule has 2 heterocycles. The van der Waals surface area contributed by atoms with E-state index in [1.165, 1.54) is 6.20 Å². The summed E-state index contributed by atoms with van der Waals surface area (Å²) in [4.78, 5) is 26.1. The highest BCUT2D eigenvalue weighted by Crippen LogP contribution is 2.16. The Morgan fingerprint density at radius 3 is 2.59 bits per heavy atom. The first kappa shape index (κ1) is 20.1. The fourth-order valence-electron chi connectivity index (χ4n) is 3.00. The molecular weight excluding hydrogens is 368 g/mol. The summed E-state index contributed by atoms with van der Waals surface area (Å²) in [6, 6.07) is 11.2. The van der Waals surface area contributed by atoms with E-state index in [1.54, 1.807) is 34.9 Å². The van der Waals surface area contributed by atoms with Crippen LogP contribution in [0.4, 0.5) is 0 Å². The highest BCUT2D eigenvalue weighted by molar-refractivity contribution is 5.99. The topological polar surface area (TPSA) is 89.9 Å². The highest BCUT2D eigenvalue weighted by atomic mass is 16.5. The number of hydrogen-bond acceptors (Lipinski definition) is 4. The van der Waals surface area contributed by atoms with Gasteiger partial charge in [-0.2, -0.15) is 5.10 Å². The monoisotopic (exact) mass is 392 g/mol. The van der Waals surface area contributed by atoms with Crippen molar-refractivity contribution in [3.8, 4) is 5.75 Å². The fourth-order valence-corrected chi connectivity index (χ4v) is 3.00. The Labute approximate surface area is 169 Å². The van der Waals surface area contributed by atoms with Crippen molar-refractivity contribution >= 4 is 23.4 Å². The van der Waals surface area contributed by atoms with Gasteiger partial charge in [-0.15, -0.1) is 0 Å². The van der Waals surface area contributed by atoms with E-state index >= 15 is 0 Å². The van der Waals surface area contributed by atoms with Crippen LogP contribution in [0.15, 0.2) is 54.9 Å². The number of methoxy groups -OCH3 is 1. The first-order valence-corrected chi connectivity index (χ1v) is 9.28. The highest BCUT2D eigenvalue weighted by Gasteiger charge is 2.16. The van der Waals surface area contributed by atoms with Crippen molar-refractivity contribution in [1.82, 2.24) is 14.5 Å². The second-order valence-electron chi connectivity index (χ2n) is 6.95. The van der Waals surface area contributed by atoms with Gasteiger partial charge in [0.25, 0.3) is 5.91 Å². The molecule has 0 atom stereocenters. The molecule has 2 aromatic heterocycles. The molecule has 3 aromatic rings. The van der Waals surface area contributed by atoms with Crippen LogP contribution in [0, 0.1) is 0 Å². The third kappa shape index (κ3) is 4.63. The van der Waals surface area contributed by atoms with Gasteiger partial charge in [0.2, 0.25) is 5.91 Å². The lowest BCUT2D eigenvalue weighted by atomic mass is 10.1. The van der Waals surface area contributed by atoms with Crippen LogP contribution in [0.25, 0.3) is 11.6 Å². The summed E-state index contributed by atoms with van der Waals surface area (Å²) in [7, 11) is 1.61. The minimum atomic E-state index is -0.531. The van der Waals surface area contributed by atoms with Gasteiger partial charge in [0.1, 0.15) is 5.75 Å². The van der Waals surface area contributed by atoms with Gasteiger partial charge in [0, 0.05) is 24.9 Å². The number of benzene rings is 1. The van der Waals surface area contributed by atoms with Crippen LogP contribution in [0.5, 0.6) is 5.75 Å². The molecule has 1 aromatic carbocycles. The van der Waals surface area contributed by atoms with Gasteiger partial charge < -0.3 is 15.4 Å². The van der Waals surface area contributed by atoms with E-state index in [1.807, 2.05) is 50.2 Å². The van der Waals surface area contributed by atoms with E-state index in [0.29, 0.717) is 17.6 Å². The number of hydrogen-bond donors (Lipinski definition) is 1. The van der Waals surface area contributed by atoms with Gasteiger partial charge >= 0.3 is 0 Å². The molecule has 0 aliphatic heterocycles. The summed E-state index contributed by atoms with van der Waals surface area (Å²) in [5.41, 5.74) is 8.19. The molecule has 2 amide bonds.